The van der Waals surface area contributed by atoms with Crippen LogP contribution in [0.4, 0.5) is 0 Å². The van der Waals surface area contributed by atoms with Gasteiger partial charge < -0.3 is 10.2 Å². The third-order valence-electron chi connectivity index (χ3n) is 2.73. The lowest BCUT2D eigenvalue weighted by Gasteiger charge is -2.24. The Morgan fingerprint density at radius 3 is 2.44 bits per heavy atom. The molecular weight excluding hydrogens is 224 g/mol. The van der Waals surface area contributed by atoms with Crippen molar-refractivity contribution in [3.8, 4) is 0 Å². The maximum absolute atomic E-state index is 11.0. The van der Waals surface area contributed by atoms with Gasteiger partial charge in [-0.3, -0.25) is 0 Å². The monoisotopic (exact) mass is 250 g/mol. The molecule has 0 saturated heterocycles. The molecule has 0 heterocycles. The molecule has 5 heteroatoms. The highest BCUT2D eigenvalue weighted by Crippen LogP contribution is 2.00. The van der Waals surface area contributed by atoms with Gasteiger partial charge in [0.05, 0.1) is 5.75 Å². The number of hydrogen-bond donors (Lipinski definition) is 1. The molecule has 0 aromatic carbocycles. The topological polar surface area (TPSA) is 49.4 Å². The molecule has 0 aromatic heterocycles. The van der Waals surface area contributed by atoms with E-state index in [2.05, 4.69) is 24.1 Å². The summed E-state index contributed by atoms with van der Waals surface area (Å²) in [6.45, 7) is 6.95. The Balaban J connectivity index is 3.69. The zero-order valence-corrected chi connectivity index (χ0v) is 11.8. The summed E-state index contributed by atoms with van der Waals surface area (Å²) in [7, 11) is -0.857. The Hall–Kier alpha value is -0.130. The summed E-state index contributed by atoms with van der Waals surface area (Å²) in [5.74, 6) is 0.246. The van der Waals surface area contributed by atoms with Crippen molar-refractivity contribution in [2.45, 2.75) is 32.7 Å². The molecule has 1 unspecified atom stereocenters. The molecule has 0 spiro atoms. The Labute approximate surface area is 100 Å². The third kappa shape index (κ3) is 9.12. The van der Waals surface area contributed by atoms with Crippen molar-refractivity contribution in [3.63, 3.8) is 0 Å². The smallest absolute Gasteiger partial charge is 0.148 e. The van der Waals surface area contributed by atoms with Gasteiger partial charge in [-0.05, 0) is 39.9 Å². The minimum atomic E-state index is -2.84. The summed E-state index contributed by atoms with van der Waals surface area (Å²) in [5, 5.41) is 3.35. The molecule has 4 nitrogen and oxygen atoms in total. The van der Waals surface area contributed by atoms with Crippen molar-refractivity contribution >= 4 is 9.84 Å². The maximum Gasteiger partial charge on any atom is 0.148 e. The highest BCUT2D eigenvalue weighted by Gasteiger charge is 2.11. The minimum absolute atomic E-state index is 0.246. The number of nitrogens with one attached hydrogen (secondary N) is 1. The van der Waals surface area contributed by atoms with E-state index in [1.54, 1.807) is 0 Å². The molecular formula is C11H26N2O2S. The fourth-order valence-corrected chi connectivity index (χ4v) is 1.98. The largest absolute Gasteiger partial charge is 0.317 e. The molecule has 0 bridgehead atoms. The summed E-state index contributed by atoms with van der Waals surface area (Å²) < 4.78 is 22.0. The van der Waals surface area contributed by atoms with Crippen molar-refractivity contribution in [3.05, 3.63) is 0 Å². The molecule has 0 saturated carbocycles. The van der Waals surface area contributed by atoms with E-state index in [0.717, 1.165) is 25.9 Å². The van der Waals surface area contributed by atoms with Gasteiger partial charge in [0.25, 0.3) is 0 Å². The summed E-state index contributed by atoms with van der Waals surface area (Å²) in [6.07, 6.45) is 3.49. The van der Waals surface area contributed by atoms with Gasteiger partial charge in [0, 0.05) is 18.8 Å². The van der Waals surface area contributed by atoms with Crippen LogP contribution in [0.25, 0.3) is 0 Å². The Kier molecular flexibility index (Phi) is 7.97. The fraction of sp³-hybridized carbons (Fsp3) is 1.00. The third-order valence-corrected chi connectivity index (χ3v) is 3.66. The summed E-state index contributed by atoms with van der Waals surface area (Å²) in [5.41, 5.74) is 0. The van der Waals surface area contributed by atoms with Crippen LogP contribution in [-0.4, -0.2) is 58.1 Å². The molecule has 0 fully saturated rings. The van der Waals surface area contributed by atoms with E-state index in [-0.39, 0.29) is 5.75 Å². The van der Waals surface area contributed by atoms with Crippen molar-refractivity contribution in [2.75, 3.05) is 38.7 Å². The van der Waals surface area contributed by atoms with E-state index in [0.29, 0.717) is 12.6 Å². The molecule has 1 atom stereocenters. The van der Waals surface area contributed by atoms with Gasteiger partial charge in [-0.15, -0.1) is 0 Å². The SMILES string of the molecule is CCCNCCC(C)N(C)CCS(C)(=O)=O. The number of hydrogen-bond acceptors (Lipinski definition) is 4. The van der Waals surface area contributed by atoms with E-state index in [9.17, 15) is 8.42 Å². The predicted octanol–water partition coefficient (Wildman–Crippen LogP) is 0.741. The van der Waals surface area contributed by atoms with Crippen LogP contribution in [0.1, 0.15) is 26.7 Å². The van der Waals surface area contributed by atoms with E-state index < -0.39 is 9.84 Å². The fourth-order valence-electron chi connectivity index (χ4n) is 1.36. The van der Waals surface area contributed by atoms with Gasteiger partial charge in [-0.25, -0.2) is 8.42 Å². The van der Waals surface area contributed by atoms with Gasteiger partial charge in [-0.1, -0.05) is 6.92 Å². The standard InChI is InChI=1S/C11H26N2O2S/c1-5-7-12-8-6-11(2)13(3)9-10-16(4,14)15/h11-12H,5-10H2,1-4H3. The van der Waals surface area contributed by atoms with Crippen LogP contribution >= 0.6 is 0 Å². The van der Waals surface area contributed by atoms with Crippen LogP contribution in [0.15, 0.2) is 0 Å². The Morgan fingerprint density at radius 2 is 1.94 bits per heavy atom. The molecule has 16 heavy (non-hydrogen) atoms. The molecule has 0 aliphatic rings. The lowest BCUT2D eigenvalue weighted by Crippen LogP contribution is -2.35. The first-order valence-corrected chi connectivity index (χ1v) is 8.01. The molecule has 0 aliphatic carbocycles. The highest BCUT2D eigenvalue weighted by atomic mass is 32.2. The number of sulfone groups is 1. The second-order valence-electron chi connectivity index (χ2n) is 4.50. The summed E-state index contributed by atoms with van der Waals surface area (Å²) >= 11 is 0. The Morgan fingerprint density at radius 1 is 1.31 bits per heavy atom. The van der Waals surface area contributed by atoms with Crippen LogP contribution in [-0.2, 0) is 9.84 Å². The summed E-state index contributed by atoms with van der Waals surface area (Å²) in [4.78, 5) is 2.11. The van der Waals surface area contributed by atoms with Gasteiger partial charge in [0.2, 0.25) is 0 Å². The number of nitrogens with zero attached hydrogens (tertiary/aromatic N) is 1. The van der Waals surface area contributed by atoms with Crippen molar-refractivity contribution in [1.82, 2.24) is 10.2 Å². The van der Waals surface area contributed by atoms with Crippen LogP contribution in [0, 0.1) is 0 Å². The first kappa shape index (κ1) is 15.9. The molecule has 0 amide bonds. The van der Waals surface area contributed by atoms with E-state index >= 15 is 0 Å². The lowest BCUT2D eigenvalue weighted by molar-refractivity contribution is 0.258. The normalized spacial score (nSPS) is 14.3. The zero-order valence-electron chi connectivity index (χ0n) is 11.0. The van der Waals surface area contributed by atoms with Crippen LogP contribution < -0.4 is 5.32 Å². The van der Waals surface area contributed by atoms with Crippen molar-refractivity contribution in [1.29, 1.82) is 0 Å². The summed E-state index contributed by atoms with van der Waals surface area (Å²) in [6, 6.07) is 0.422. The second-order valence-corrected chi connectivity index (χ2v) is 6.76. The molecule has 0 aromatic rings. The van der Waals surface area contributed by atoms with Gasteiger partial charge >= 0.3 is 0 Å². The average molecular weight is 250 g/mol. The molecule has 0 rings (SSSR count). The lowest BCUT2D eigenvalue weighted by atomic mass is 10.2. The molecule has 0 radical (unpaired) electrons. The van der Waals surface area contributed by atoms with Gasteiger partial charge in [-0.2, -0.15) is 0 Å². The van der Waals surface area contributed by atoms with Gasteiger partial charge in [0.1, 0.15) is 9.84 Å². The van der Waals surface area contributed by atoms with E-state index in [1.165, 1.54) is 6.26 Å². The van der Waals surface area contributed by atoms with E-state index in [4.69, 9.17) is 0 Å². The zero-order chi connectivity index (χ0) is 12.6. The second kappa shape index (κ2) is 8.03. The Bertz CT molecular complexity index is 265. The minimum Gasteiger partial charge on any atom is -0.317 e. The maximum atomic E-state index is 11.0. The van der Waals surface area contributed by atoms with E-state index in [1.807, 2.05) is 7.05 Å². The van der Waals surface area contributed by atoms with Crippen LogP contribution in [0.3, 0.4) is 0 Å². The predicted molar refractivity (Wildman–Crippen MR) is 69.6 cm³/mol. The quantitative estimate of drug-likeness (QED) is 0.613. The van der Waals surface area contributed by atoms with Crippen molar-refractivity contribution < 1.29 is 8.42 Å². The molecule has 98 valence electrons. The first-order valence-electron chi connectivity index (χ1n) is 5.95. The van der Waals surface area contributed by atoms with Crippen LogP contribution in [0.2, 0.25) is 0 Å². The van der Waals surface area contributed by atoms with Crippen molar-refractivity contribution in [2.24, 2.45) is 0 Å². The van der Waals surface area contributed by atoms with Gasteiger partial charge in [0.15, 0.2) is 0 Å². The highest BCUT2D eigenvalue weighted by molar-refractivity contribution is 7.90. The van der Waals surface area contributed by atoms with Crippen LogP contribution in [0.5, 0.6) is 0 Å². The molecule has 1 N–H and O–H groups in total. The average Bonchev–Trinajstić information content (AvgIpc) is 2.19. The first-order chi connectivity index (χ1) is 7.37. The number of rotatable bonds is 9. The molecule has 0 aliphatic heterocycles.